The molecule has 3 rings (SSSR count). The Hall–Kier alpha value is -1.33. The van der Waals surface area contributed by atoms with E-state index in [-0.39, 0.29) is 12.7 Å². The van der Waals surface area contributed by atoms with Crippen molar-refractivity contribution in [2.24, 2.45) is 0 Å². The van der Waals surface area contributed by atoms with E-state index in [1.807, 2.05) is 42.5 Å². The number of amides is 1. The number of carbonyl (C=O) groups is 1. The second kappa shape index (κ2) is 6.84. The highest BCUT2D eigenvalue weighted by atomic mass is 79.9. The van der Waals surface area contributed by atoms with Gasteiger partial charge in [-0.15, -0.1) is 0 Å². The summed E-state index contributed by atoms with van der Waals surface area (Å²) in [6, 6.07) is 13.7. The quantitative estimate of drug-likeness (QED) is 0.654. The van der Waals surface area contributed by atoms with Gasteiger partial charge in [0.2, 0.25) is 0 Å². The van der Waals surface area contributed by atoms with E-state index in [0.717, 1.165) is 38.6 Å². The molecular formula is C17H15Br2NO2. The van der Waals surface area contributed by atoms with Crippen molar-refractivity contribution in [2.45, 2.75) is 19.4 Å². The molecule has 0 aliphatic carbocycles. The monoisotopic (exact) mass is 423 g/mol. The van der Waals surface area contributed by atoms with Crippen molar-refractivity contribution in [1.82, 2.24) is 0 Å². The molecule has 0 saturated heterocycles. The summed E-state index contributed by atoms with van der Waals surface area (Å²) in [5.41, 5.74) is 3.05. The number of anilines is 1. The van der Waals surface area contributed by atoms with Gasteiger partial charge in [-0.05, 0) is 52.0 Å². The van der Waals surface area contributed by atoms with Crippen LogP contribution in [0.5, 0.6) is 0 Å². The third-order valence-corrected chi connectivity index (χ3v) is 5.06. The molecule has 5 heteroatoms. The maximum atomic E-state index is 12.5. The molecule has 0 aromatic heterocycles. The van der Waals surface area contributed by atoms with Crippen molar-refractivity contribution in [1.29, 1.82) is 0 Å². The Labute approximate surface area is 146 Å². The van der Waals surface area contributed by atoms with Crippen LogP contribution in [0.3, 0.4) is 0 Å². The molecular weight excluding hydrogens is 410 g/mol. The number of carbonyl (C=O) groups excluding carboxylic acids is 1. The number of fused-ring (bicyclic) bond motifs is 1. The fourth-order valence-electron chi connectivity index (χ4n) is 2.62. The number of hydrogen-bond acceptors (Lipinski definition) is 2. The van der Waals surface area contributed by atoms with Gasteiger partial charge in [-0.3, -0.25) is 4.90 Å². The van der Waals surface area contributed by atoms with Crippen LogP contribution in [0.15, 0.2) is 51.4 Å². The molecule has 1 heterocycles. The minimum atomic E-state index is -0.302. The standard InChI is InChI=1S/C17H15Br2NO2/c18-14-8-9-15(19)16-13(14)7-4-10-20(16)17(21)22-11-12-5-2-1-3-6-12/h1-3,5-6,8-9H,4,7,10-11H2. The van der Waals surface area contributed by atoms with Crippen molar-refractivity contribution < 1.29 is 9.53 Å². The van der Waals surface area contributed by atoms with Gasteiger partial charge >= 0.3 is 6.09 Å². The second-order valence-corrected chi connectivity index (χ2v) is 6.86. The third kappa shape index (κ3) is 3.20. The predicted octanol–water partition coefficient (Wildman–Crippen LogP) is 5.30. The van der Waals surface area contributed by atoms with Crippen LogP contribution in [0.1, 0.15) is 17.5 Å². The van der Waals surface area contributed by atoms with Gasteiger partial charge in [0.25, 0.3) is 0 Å². The highest BCUT2D eigenvalue weighted by Crippen LogP contribution is 2.39. The van der Waals surface area contributed by atoms with Gasteiger partial charge in [-0.25, -0.2) is 4.79 Å². The van der Waals surface area contributed by atoms with Crippen LogP contribution < -0.4 is 4.90 Å². The molecule has 1 amide bonds. The van der Waals surface area contributed by atoms with Gasteiger partial charge in [0.15, 0.2) is 0 Å². The lowest BCUT2D eigenvalue weighted by Crippen LogP contribution is -2.36. The normalized spacial score (nSPS) is 13.6. The molecule has 1 aliphatic heterocycles. The molecule has 0 fully saturated rings. The Morgan fingerprint density at radius 3 is 2.59 bits per heavy atom. The fraction of sp³-hybridized carbons (Fsp3) is 0.235. The van der Waals surface area contributed by atoms with Gasteiger partial charge in [-0.2, -0.15) is 0 Å². The molecule has 22 heavy (non-hydrogen) atoms. The number of halogens is 2. The first-order valence-corrected chi connectivity index (χ1v) is 8.70. The van der Waals surface area contributed by atoms with Gasteiger partial charge in [-0.1, -0.05) is 46.3 Å². The number of hydrogen-bond donors (Lipinski definition) is 0. The summed E-state index contributed by atoms with van der Waals surface area (Å²) in [6.07, 6.45) is 1.59. The minimum Gasteiger partial charge on any atom is -0.444 e. The summed E-state index contributed by atoms with van der Waals surface area (Å²) in [4.78, 5) is 14.2. The summed E-state index contributed by atoms with van der Waals surface area (Å²) in [5, 5.41) is 0. The Morgan fingerprint density at radius 1 is 1.09 bits per heavy atom. The van der Waals surface area contributed by atoms with E-state index in [1.165, 1.54) is 0 Å². The van der Waals surface area contributed by atoms with Crippen LogP contribution >= 0.6 is 31.9 Å². The third-order valence-electron chi connectivity index (χ3n) is 3.68. The number of nitrogens with zero attached hydrogens (tertiary/aromatic N) is 1. The van der Waals surface area contributed by atoms with Crippen LogP contribution in [0.25, 0.3) is 0 Å². The highest BCUT2D eigenvalue weighted by Gasteiger charge is 2.27. The number of rotatable bonds is 2. The van der Waals surface area contributed by atoms with Crippen molar-refractivity contribution >= 4 is 43.6 Å². The molecule has 0 bridgehead atoms. The molecule has 0 N–H and O–H groups in total. The van der Waals surface area contributed by atoms with E-state index in [0.29, 0.717) is 6.54 Å². The molecule has 0 radical (unpaired) electrons. The molecule has 1 aliphatic rings. The zero-order valence-corrected chi connectivity index (χ0v) is 15.1. The number of ether oxygens (including phenoxy) is 1. The summed E-state index contributed by atoms with van der Waals surface area (Å²) >= 11 is 7.12. The maximum Gasteiger partial charge on any atom is 0.414 e. The average Bonchev–Trinajstić information content (AvgIpc) is 2.56. The van der Waals surface area contributed by atoms with Crippen LogP contribution in [0.2, 0.25) is 0 Å². The lowest BCUT2D eigenvalue weighted by molar-refractivity contribution is 0.146. The molecule has 3 nitrogen and oxygen atoms in total. The van der Waals surface area contributed by atoms with Crippen molar-refractivity contribution in [3.05, 3.63) is 62.5 Å². The average molecular weight is 425 g/mol. The van der Waals surface area contributed by atoms with E-state index < -0.39 is 0 Å². The van der Waals surface area contributed by atoms with E-state index in [4.69, 9.17) is 4.74 Å². The summed E-state index contributed by atoms with van der Waals surface area (Å²) in [5.74, 6) is 0. The second-order valence-electron chi connectivity index (χ2n) is 5.15. The first-order chi connectivity index (χ1) is 10.7. The first kappa shape index (κ1) is 15.6. The zero-order chi connectivity index (χ0) is 15.5. The summed E-state index contributed by atoms with van der Waals surface area (Å²) in [7, 11) is 0. The molecule has 2 aromatic rings. The maximum absolute atomic E-state index is 12.5. The number of benzene rings is 2. The molecule has 0 saturated carbocycles. The Bertz CT molecular complexity index is 689. The van der Waals surface area contributed by atoms with Crippen LogP contribution in [-0.4, -0.2) is 12.6 Å². The van der Waals surface area contributed by atoms with Crippen molar-refractivity contribution in [3.63, 3.8) is 0 Å². The lowest BCUT2D eigenvalue weighted by Gasteiger charge is -2.30. The zero-order valence-electron chi connectivity index (χ0n) is 11.9. The van der Waals surface area contributed by atoms with Gasteiger partial charge < -0.3 is 4.74 Å². The van der Waals surface area contributed by atoms with Gasteiger partial charge in [0.1, 0.15) is 6.61 Å². The van der Waals surface area contributed by atoms with Crippen molar-refractivity contribution in [2.75, 3.05) is 11.4 Å². The molecule has 0 atom stereocenters. The smallest absolute Gasteiger partial charge is 0.414 e. The Balaban J connectivity index is 1.79. The first-order valence-electron chi connectivity index (χ1n) is 7.12. The van der Waals surface area contributed by atoms with Crippen LogP contribution in [0, 0.1) is 0 Å². The van der Waals surface area contributed by atoms with E-state index in [2.05, 4.69) is 31.9 Å². The van der Waals surface area contributed by atoms with E-state index in [1.54, 1.807) is 4.90 Å². The van der Waals surface area contributed by atoms with E-state index in [9.17, 15) is 4.79 Å². The summed E-state index contributed by atoms with van der Waals surface area (Å²) < 4.78 is 7.42. The SMILES string of the molecule is O=C(OCc1ccccc1)N1CCCc2c(Br)ccc(Br)c21. The van der Waals surface area contributed by atoms with Gasteiger partial charge in [0, 0.05) is 15.5 Å². The van der Waals surface area contributed by atoms with Crippen molar-refractivity contribution in [3.8, 4) is 0 Å². The largest absolute Gasteiger partial charge is 0.444 e. The fourth-order valence-corrected chi connectivity index (χ4v) is 3.72. The Kier molecular flexibility index (Phi) is 4.84. The molecule has 0 spiro atoms. The van der Waals surface area contributed by atoms with Crippen LogP contribution in [-0.2, 0) is 17.8 Å². The summed E-state index contributed by atoms with van der Waals surface area (Å²) in [6.45, 7) is 0.965. The molecule has 114 valence electrons. The van der Waals surface area contributed by atoms with Gasteiger partial charge in [0.05, 0.1) is 5.69 Å². The van der Waals surface area contributed by atoms with E-state index >= 15 is 0 Å². The van der Waals surface area contributed by atoms with Crippen LogP contribution in [0.4, 0.5) is 10.5 Å². The predicted molar refractivity (Wildman–Crippen MR) is 94.1 cm³/mol. The lowest BCUT2D eigenvalue weighted by atomic mass is 10.0. The molecule has 0 unspecified atom stereocenters. The molecule has 2 aromatic carbocycles. The Morgan fingerprint density at radius 2 is 1.82 bits per heavy atom. The minimum absolute atomic E-state index is 0.289. The highest BCUT2D eigenvalue weighted by molar-refractivity contribution is 9.11. The topological polar surface area (TPSA) is 29.5 Å².